The van der Waals surface area contributed by atoms with Gasteiger partial charge in [-0.3, -0.25) is 4.79 Å². The zero-order valence-electron chi connectivity index (χ0n) is 10.3. The van der Waals surface area contributed by atoms with Crippen molar-refractivity contribution in [1.82, 2.24) is 0 Å². The van der Waals surface area contributed by atoms with Crippen LogP contribution in [0, 0.1) is 24.4 Å². The van der Waals surface area contributed by atoms with Gasteiger partial charge in [-0.15, -0.1) is 0 Å². The van der Waals surface area contributed by atoms with E-state index in [1.165, 1.54) is 12.1 Å². The summed E-state index contributed by atoms with van der Waals surface area (Å²) in [6, 6.07) is 5.87. The van der Waals surface area contributed by atoms with Crippen LogP contribution in [-0.4, -0.2) is 5.91 Å². The third-order valence-electron chi connectivity index (χ3n) is 2.71. The van der Waals surface area contributed by atoms with Crippen molar-refractivity contribution in [1.29, 1.82) is 0 Å². The predicted molar refractivity (Wildman–Crippen MR) is 73.1 cm³/mol. The van der Waals surface area contributed by atoms with Crippen LogP contribution >= 0.6 is 15.9 Å². The number of nitrogens with one attached hydrogen (secondary N) is 1. The van der Waals surface area contributed by atoms with E-state index in [1.807, 2.05) is 0 Å². The molecule has 0 unspecified atom stereocenters. The van der Waals surface area contributed by atoms with Crippen LogP contribution in [0.1, 0.15) is 15.9 Å². The minimum atomic E-state index is -1.24. The Bertz CT molecular complexity index is 688. The molecule has 0 aliphatic carbocycles. The number of halogens is 4. The number of carbonyl (C=O) groups is 1. The maximum Gasteiger partial charge on any atom is 0.258 e. The van der Waals surface area contributed by atoms with Crippen LogP contribution in [-0.2, 0) is 0 Å². The minimum absolute atomic E-state index is 0.194. The van der Waals surface area contributed by atoms with Gasteiger partial charge in [-0.05, 0) is 52.7 Å². The molecule has 0 aliphatic heterocycles. The Morgan fingerprint density at radius 2 is 1.85 bits per heavy atom. The lowest BCUT2D eigenvalue weighted by Crippen LogP contribution is -2.15. The van der Waals surface area contributed by atoms with E-state index in [9.17, 15) is 18.0 Å². The number of amides is 1. The fourth-order valence-electron chi connectivity index (χ4n) is 1.65. The maximum atomic E-state index is 13.5. The normalized spacial score (nSPS) is 10.4. The molecule has 0 atom stereocenters. The number of anilines is 1. The molecule has 0 saturated heterocycles. The number of hydrogen-bond donors (Lipinski definition) is 1. The van der Waals surface area contributed by atoms with E-state index in [4.69, 9.17) is 0 Å². The predicted octanol–water partition coefficient (Wildman–Crippen LogP) is 4.43. The summed E-state index contributed by atoms with van der Waals surface area (Å²) in [4.78, 5) is 11.9. The van der Waals surface area contributed by atoms with Crippen LogP contribution in [0.15, 0.2) is 34.8 Å². The van der Waals surface area contributed by atoms with E-state index in [1.54, 1.807) is 6.92 Å². The summed E-state index contributed by atoms with van der Waals surface area (Å²) in [6.45, 7) is 1.65. The van der Waals surface area contributed by atoms with E-state index in [-0.39, 0.29) is 10.2 Å². The Morgan fingerprint density at radius 3 is 2.55 bits per heavy atom. The summed E-state index contributed by atoms with van der Waals surface area (Å²) < 4.78 is 40.2. The summed E-state index contributed by atoms with van der Waals surface area (Å²) in [5, 5.41) is 2.36. The fourth-order valence-corrected chi connectivity index (χ4v) is 2.11. The van der Waals surface area contributed by atoms with Crippen molar-refractivity contribution in [2.24, 2.45) is 0 Å². The lowest BCUT2D eigenvalue weighted by molar-refractivity contribution is 0.102. The van der Waals surface area contributed by atoms with E-state index in [0.717, 1.165) is 18.2 Å². The van der Waals surface area contributed by atoms with Gasteiger partial charge in [-0.1, -0.05) is 6.07 Å². The Labute approximate surface area is 121 Å². The van der Waals surface area contributed by atoms with Crippen LogP contribution in [0.5, 0.6) is 0 Å². The van der Waals surface area contributed by atoms with E-state index < -0.39 is 28.9 Å². The molecule has 2 nitrogen and oxygen atoms in total. The Morgan fingerprint density at radius 1 is 1.15 bits per heavy atom. The van der Waals surface area contributed by atoms with Crippen molar-refractivity contribution in [3.8, 4) is 0 Å². The topological polar surface area (TPSA) is 29.1 Å². The third-order valence-corrected chi connectivity index (χ3v) is 3.32. The van der Waals surface area contributed by atoms with Crippen LogP contribution in [0.2, 0.25) is 0 Å². The van der Waals surface area contributed by atoms with Gasteiger partial charge in [0.1, 0.15) is 5.82 Å². The molecule has 6 heteroatoms. The second kappa shape index (κ2) is 5.66. The summed E-state index contributed by atoms with van der Waals surface area (Å²) in [6.07, 6.45) is 0. The maximum absolute atomic E-state index is 13.5. The molecule has 104 valence electrons. The second-order valence-corrected chi connectivity index (χ2v) is 4.99. The van der Waals surface area contributed by atoms with E-state index in [2.05, 4.69) is 21.2 Å². The van der Waals surface area contributed by atoms with E-state index in [0.29, 0.717) is 5.56 Å². The minimum Gasteiger partial charge on any atom is -0.322 e. The van der Waals surface area contributed by atoms with Crippen molar-refractivity contribution in [2.75, 3.05) is 5.32 Å². The zero-order valence-corrected chi connectivity index (χ0v) is 11.9. The van der Waals surface area contributed by atoms with Crippen molar-refractivity contribution in [3.05, 3.63) is 63.4 Å². The number of aryl methyl sites for hydroxylation is 1. The highest BCUT2D eigenvalue weighted by Gasteiger charge is 2.16. The number of carbonyl (C=O) groups excluding carboxylic acids is 1. The molecule has 20 heavy (non-hydrogen) atoms. The molecule has 0 heterocycles. The molecule has 0 aromatic heterocycles. The summed E-state index contributed by atoms with van der Waals surface area (Å²) in [5.74, 6) is -3.76. The van der Waals surface area contributed by atoms with Crippen molar-refractivity contribution in [2.45, 2.75) is 6.92 Å². The second-order valence-electron chi connectivity index (χ2n) is 4.14. The molecular formula is C14H9BrF3NO. The molecule has 1 amide bonds. The van der Waals surface area contributed by atoms with Gasteiger partial charge in [0.05, 0.1) is 10.0 Å². The van der Waals surface area contributed by atoms with Gasteiger partial charge < -0.3 is 5.32 Å². The molecular weight excluding hydrogens is 335 g/mol. The quantitative estimate of drug-likeness (QED) is 0.858. The molecule has 1 N–H and O–H groups in total. The van der Waals surface area contributed by atoms with Gasteiger partial charge >= 0.3 is 0 Å². The first-order chi connectivity index (χ1) is 9.40. The van der Waals surface area contributed by atoms with Gasteiger partial charge in [0.15, 0.2) is 11.6 Å². The molecule has 0 bridgehead atoms. The first-order valence-corrected chi connectivity index (χ1v) is 6.40. The lowest BCUT2D eigenvalue weighted by atomic mass is 10.1. The largest absolute Gasteiger partial charge is 0.322 e. The monoisotopic (exact) mass is 343 g/mol. The van der Waals surface area contributed by atoms with Crippen molar-refractivity contribution in [3.63, 3.8) is 0 Å². The van der Waals surface area contributed by atoms with Gasteiger partial charge in [-0.25, -0.2) is 13.2 Å². The highest BCUT2D eigenvalue weighted by Crippen LogP contribution is 2.24. The number of hydrogen-bond acceptors (Lipinski definition) is 1. The average molecular weight is 344 g/mol. The SMILES string of the molecule is Cc1cc(Br)c(F)cc1NC(=O)c1cccc(F)c1F. The highest BCUT2D eigenvalue weighted by atomic mass is 79.9. The molecule has 0 saturated carbocycles. The smallest absolute Gasteiger partial charge is 0.258 e. The summed E-state index contributed by atoms with van der Waals surface area (Å²) >= 11 is 3.02. The first kappa shape index (κ1) is 14.6. The highest BCUT2D eigenvalue weighted by molar-refractivity contribution is 9.10. The van der Waals surface area contributed by atoms with E-state index >= 15 is 0 Å². The van der Waals surface area contributed by atoms with Gasteiger partial charge in [0.2, 0.25) is 0 Å². The van der Waals surface area contributed by atoms with Crippen LogP contribution < -0.4 is 5.32 Å². The average Bonchev–Trinajstić information content (AvgIpc) is 2.39. The van der Waals surface area contributed by atoms with Gasteiger partial charge in [0, 0.05) is 5.69 Å². The molecule has 0 spiro atoms. The first-order valence-electron chi connectivity index (χ1n) is 5.61. The van der Waals surface area contributed by atoms with Crippen LogP contribution in [0.25, 0.3) is 0 Å². The Kier molecular flexibility index (Phi) is 4.13. The fraction of sp³-hybridized carbons (Fsp3) is 0.0714. The van der Waals surface area contributed by atoms with Crippen LogP contribution in [0.3, 0.4) is 0 Å². The van der Waals surface area contributed by atoms with Gasteiger partial charge in [-0.2, -0.15) is 0 Å². The zero-order chi connectivity index (χ0) is 14.9. The summed E-state index contributed by atoms with van der Waals surface area (Å²) in [7, 11) is 0. The number of rotatable bonds is 2. The molecule has 2 aromatic carbocycles. The summed E-state index contributed by atoms with van der Waals surface area (Å²) in [5.41, 5.74) is 0.343. The molecule has 0 radical (unpaired) electrons. The van der Waals surface area contributed by atoms with Crippen molar-refractivity contribution < 1.29 is 18.0 Å². The van der Waals surface area contributed by atoms with Gasteiger partial charge in [0.25, 0.3) is 5.91 Å². The van der Waals surface area contributed by atoms with Crippen LogP contribution in [0.4, 0.5) is 18.9 Å². The molecule has 2 rings (SSSR count). The Hall–Kier alpha value is -1.82. The standard InChI is InChI=1S/C14H9BrF3NO/c1-7-5-9(15)11(17)6-12(7)19-14(20)8-3-2-4-10(16)13(8)18/h2-6H,1H3,(H,19,20). The van der Waals surface area contributed by atoms with Crippen molar-refractivity contribution >= 4 is 27.5 Å². The Balaban J connectivity index is 2.33. The number of benzene rings is 2. The lowest BCUT2D eigenvalue weighted by Gasteiger charge is -2.10. The molecule has 2 aromatic rings. The molecule has 0 fully saturated rings. The molecule has 0 aliphatic rings. The third kappa shape index (κ3) is 2.85.